The van der Waals surface area contributed by atoms with Gasteiger partial charge >= 0.3 is 0 Å². The second-order valence-corrected chi connectivity index (χ2v) is 5.91. The Kier molecular flexibility index (Phi) is 5.13. The number of halogens is 3. The zero-order valence-electron chi connectivity index (χ0n) is 11.0. The molecule has 1 aromatic carbocycles. The van der Waals surface area contributed by atoms with E-state index in [2.05, 4.69) is 24.0 Å². The van der Waals surface area contributed by atoms with Gasteiger partial charge in [-0.3, -0.25) is 0 Å². The normalized spacial score (nSPS) is 11.1. The molecule has 0 radical (unpaired) electrons. The fraction of sp³-hybridized carbons (Fsp3) is 0.385. The topological polar surface area (TPSA) is 48.2 Å². The monoisotopic (exact) mass is 334 g/mol. The summed E-state index contributed by atoms with van der Waals surface area (Å²) in [4.78, 5) is 4.23. The molecule has 0 N–H and O–H groups in total. The predicted octanol–water partition coefficient (Wildman–Crippen LogP) is 4.81. The largest absolute Gasteiger partial charge is 0.482 e. The molecule has 0 unspecified atom stereocenters. The van der Waals surface area contributed by atoms with Gasteiger partial charge in [0.2, 0.25) is 0 Å². The van der Waals surface area contributed by atoms with Crippen LogP contribution in [0.1, 0.15) is 25.6 Å². The van der Waals surface area contributed by atoms with Crippen molar-refractivity contribution < 1.29 is 9.26 Å². The van der Waals surface area contributed by atoms with E-state index in [1.54, 1.807) is 6.07 Å². The van der Waals surface area contributed by atoms with E-state index in [0.29, 0.717) is 38.5 Å². The van der Waals surface area contributed by atoms with Crippen molar-refractivity contribution in [1.82, 2.24) is 10.1 Å². The van der Waals surface area contributed by atoms with Gasteiger partial charge in [0.1, 0.15) is 5.75 Å². The van der Waals surface area contributed by atoms with E-state index >= 15 is 0 Å². The third-order valence-corrected chi connectivity index (χ3v) is 3.44. The third-order valence-electron chi connectivity index (χ3n) is 2.43. The summed E-state index contributed by atoms with van der Waals surface area (Å²) in [5.74, 6) is 1.94. The average Bonchev–Trinajstić information content (AvgIpc) is 2.79. The number of rotatable bonds is 5. The minimum atomic E-state index is 0.128. The maximum absolute atomic E-state index is 6.01. The first kappa shape index (κ1) is 15.4. The molecule has 7 heteroatoms. The van der Waals surface area contributed by atoms with Gasteiger partial charge in [0, 0.05) is 12.5 Å². The van der Waals surface area contributed by atoms with E-state index in [0.717, 1.165) is 6.42 Å². The molecule has 1 heterocycles. The van der Waals surface area contributed by atoms with Gasteiger partial charge in [-0.1, -0.05) is 53.8 Å². The highest BCUT2D eigenvalue weighted by molar-refractivity contribution is 6.43. The Hall–Kier alpha value is -0.970. The second-order valence-electron chi connectivity index (χ2n) is 4.69. The minimum absolute atomic E-state index is 0.128. The fourth-order valence-electron chi connectivity index (χ4n) is 1.55. The molecular formula is C13H13Cl3N2O2. The third kappa shape index (κ3) is 4.01. The molecule has 20 heavy (non-hydrogen) atoms. The first-order valence-corrected chi connectivity index (χ1v) is 7.18. The molecule has 0 fully saturated rings. The molecule has 0 bridgehead atoms. The van der Waals surface area contributed by atoms with Crippen molar-refractivity contribution in [3.63, 3.8) is 0 Å². The maximum Gasteiger partial charge on any atom is 0.264 e. The molecule has 0 spiro atoms. The van der Waals surface area contributed by atoms with Gasteiger partial charge in [-0.2, -0.15) is 4.98 Å². The van der Waals surface area contributed by atoms with Crippen molar-refractivity contribution >= 4 is 34.8 Å². The Bertz CT molecular complexity index is 599. The molecule has 108 valence electrons. The van der Waals surface area contributed by atoms with Crippen LogP contribution in [0.3, 0.4) is 0 Å². The summed E-state index contributed by atoms with van der Waals surface area (Å²) in [6.07, 6.45) is 0.761. The van der Waals surface area contributed by atoms with Gasteiger partial charge in [0.05, 0.1) is 15.1 Å². The van der Waals surface area contributed by atoms with E-state index in [4.69, 9.17) is 44.1 Å². The van der Waals surface area contributed by atoms with Gasteiger partial charge in [0.25, 0.3) is 5.89 Å². The van der Waals surface area contributed by atoms with Crippen molar-refractivity contribution in [3.05, 3.63) is 38.9 Å². The molecule has 0 aliphatic heterocycles. The van der Waals surface area contributed by atoms with Gasteiger partial charge in [-0.05, 0) is 12.0 Å². The summed E-state index contributed by atoms with van der Waals surface area (Å²) < 4.78 is 10.6. The predicted molar refractivity (Wildman–Crippen MR) is 78.6 cm³/mol. The summed E-state index contributed by atoms with van der Waals surface area (Å²) in [6, 6.07) is 3.08. The van der Waals surface area contributed by atoms with Crippen molar-refractivity contribution in [2.45, 2.75) is 26.9 Å². The van der Waals surface area contributed by atoms with Gasteiger partial charge in [0.15, 0.2) is 12.4 Å². The van der Waals surface area contributed by atoms with Crippen LogP contribution >= 0.6 is 34.8 Å². The molecule has 2 rings (SSSR count). The maximum atomic E-state index is 6.01. The standard InChI is InChI=1S/C13H13Cl3N2O2/c1-7(2)3-12-17-13(20-18-12)6-19-11-5-9(15)8(14)4-10(11)16/h4-5,7H,3,6H2,1-2H3. The van der Waals surface area contributed by atoms with Gasteiger partial charge in [-0.15, -0.1) is 0 Å². The molecule has 0 saturated carbocycles. The number of benzene rings is 1. The first-order chi connectivity index (χ1) is 9.45. The van der Waals surface area contributed by atoms with E-state index < -0.39 is 0 Å². The molecule has 0 amide bonds. The first-order valence-electron chi connectivity index (χ1n) is 6.04. The number of hydrogen-bond donors (Lipinski definition) is 0. The molecule has 0 atom stereocenters. The van der Waals surface area contributed by atoms with Crippen molar-refractivity contribution in [2.75, 3.05) is 0 Å². The Balaban J connectivity index is 2.02. The Morgan fingerprint density at radius 1 is 1.15 bits per heavy atom. The van der Waals surface area contributed by atoms with Crippen molar-refractivity contribution in [2.24, 2.45) is 5.92 Å². The van der Waals surface area contributed by atoms with Crippen LogP contribution in [0.2, 0.25) is 15.1 Å². The summed E-state index contributed by atoms with van der Waals surface area (Å²) in [7, 11) is 0. The second kappa shape index (κ2) is 6.66. The summed E-state index contributed by atoms with van der Waals surface area (Å²) in [6.45, 7) is 4.30. The van der Waals surface area contributed by atoms with Gasteiger partial charge < -0.3 is 9.26 Å². The van der Waals surface area contributed by atoms with E-state index in [1.807, 2.05) is 0 Å². The quantitative estimate of drug-likeness (QED) is 0.736. The van der Waals surface area contributed by atoms with Crippen LogP contribution in [0.15, 0.2) is 16.7 Å². The summed E-state index contributed by atoms with van der Waals surface area (Å²) in [5, 5.41) is 5.00. The van der Waals surface area contributed by atoms with E-state index in [1.165, 1.54) is 6.07 Å². The average molecular weight is 336 g/mol. The zero-order valence-corrected chi connectivity index (χ0v) is 13.3. The van der Waals surface area contributed by atoms with E-state index in [-0.39, 0.29) is 6.61 Å². The molecule has 0 aliphatic rings. The van der Waals surface area contributed by atoms with Crippen LogP contribution < -0.4 is 4.74 Å². The van der Waals surface area contributed by atoms with Crippen LogP contribution in [0.25, 0.3) is 0 Å². The van der Waals surface area contributed by atoms with E-state index in [9.17, 15) is 0 Å². The van der Waals surface area contributed by atoms with Gasteiger partial charge in [-0.25, -0.2) is 0 Å². The van der Waals surface area contributed by atoms with Crippen LogP contribution in [-0.4, -0.2) is 10.1 Å². The lowest BCUT2D eigenvalue weighted by molar-refractivity contribution is 0.242. The lowest BCUT2D eigenvalue weighted by Crippen LogP contribution is -1.99. The lowest BCUT2D eigenvalue weighted by Gasteiger charge is -2.06. The highest BCUT2D eigenvalue weighted by Gasteiger charge is 2.11. The highest BCUT2D eigenvalue weighted by atomic mass is 35.5. The lowest BCUT2D eigenvalue weighted by atomic mass is 10.1. The Labute approximate surface area is 132 Å². The fourth-order valence-corrected chi connectivity index (χ4v) is 2.14. The molecule has 0 saturated heterocycles. The molecule has 2 aromatic rings. The number of ether oxygens (including phenoxy) is 1. The van der Waals surface area contributed by atoms with Crippen LogP contribution in [0.5, 0.6) is 5.75 Å². The van der Waals surface area contributed by atoms with Crippen molar-refractivity contribution in [3.8, 4) is 5.75 Å². The number of aromatic nitrogens is 2. The van der Waals surface area contributed by atoms with Crippen LogP contribution in [0, 0.1) is 5.92 Å². The minimum Gasteiger partial charge on any atom is -0.482 e. The van der Waals surface area contributed by atoms with Crippen LogP contribution in [-0.2, 0) is 13.0 Å². The molecule has 4 nitrogen and oxygen atoms in total. The smallest absolute Gasteiger partial charge is 0.264 e. The molecule has 1 aromatic heterocycles. The SMILES string of the molecule is CC(C)Cc1noc(COc2cc(Cl)c(Cl)cc2Cl)n1. The highest BCUT2D eigenvalue weighted by Crippen LogP contribution is 2.34. The van der Waals surface area contributed by atoms with Crippen LogP contribution in [0.4, 0.5) is 0 Å². The molecule has 0 aliphatic carbocycles. The summed E-state index contributed by atoms with van der Waals surface area (Å²) >= 11 is 17.8. The number of nitrogens with zero attached hydrogens (tertiary/aromatic N) is 2. The zero-order chi connectivity index (χ0) is 14.7. The van der Waals surface area contributed by atoms with Crippen molar-refractivity contribution in [1.29, 1.82) is 0 Å². The number of hydrogen-bond acceptors (Lipinski definition) is 4. The summed E-state index contributed by atoms with van der Waals surface area (Å²) in [5.41, 5.74) is 0. The Morgan fingerprint density at radius 2 is 1.85 bits per heavy atom. The molecular weight excluding hydrogens is 323 g/mol. The Morgan fingerprint density at radius 3 is 2.55 bits per heavy atom.